The van der Waals surface area contributed by atoms with Gasteiger partial charge in [-0.2, -0.15) is 0 Å². The quantitative estimate of drug-likeness (QED) is 0.331. The molecule has 2 heterocycles. The third-order valence-electron chi connectivity index (χ3n) is 7.97. The number of carbonyl (C=O) groups is 2. The highest BCUT2D eigenvalue weighted by Crippen LogP contribution is 2.50. The average Bonchev–Trinajstić information content (AvgIpc) is 3.23. The Morgan fingerprint density at radius 1 is 1.10 bits per heavy atom. The van der Waals surface area contributed by atoms with Crippen LogP contribution in [0.4, 0.5) is 4.79 Å². The van der Waals surface area contributed by atoms with Gasteiger partial charge in [0.2, 0.25) is 5.88 Å². The molecule has 0 spiro atoms. The molecule has 4 atom stereocenters. The van der Waals surface area contributed by atoms with Crippen LogP contribution in [0.5, 0.6) is 5.88 Å². The maximum Gasteiger partial charge on any atom is 0.411 e. The van der Waals surface area contributed by atoms with E-state index in [1.54, 1.807) is 32.8 Å². The van der Waals surface area contributed by atoms with Crippen molar-refractivity contribution in [1.82, 2.24) is 9.88 Å². The molecule has 8 nitrogen and oxygen atoms in total. The first-order valence-corrected chi connectivity index (χ1v) is 14.4. The molecule has 1 saturated carbocycles. The van der Waals surface area contributed by atoms with Gasteiger partial charge in [0.25, 0.3) is 0 Å². The van der Waals surface area contributed by atoms with Gasteiger partial charge in [-0.3, -0.25) is 4.90 Å². The molecular weight excluding hydrogens is 508 g/mol. The number of nitrogens with zero attached hydrogens (tertiary/aromatic N) is 2. The summed E-state index contributed by atoms with van der Waals surface area (Å²) in [7, 11) is 1.61. The normalized spacial score (nSPS) is 23.1. The molecule has 4 rings (SSSR count). The van der Waals surface area contributed by atoms with Crippen molar-refractivity contribution in [2.75, 3.05) is 13.7 Å². The van der Waals surface area contributed by atoms with Crippen LogP contribution in [-0.4, -0.2) is 53.9 Å². The van der Waals surface area contributed by atoms with Crippen molar-refractivity contribution in [3.8, 4) is 5.88 Å². The van der Waals surface area contributed by atoms with Crippen LogP contribution in [0.15, 0.2) is 42.6 Å². The first-order valence-electron chi connectivity index (χ1n) is 14.4. The van der Waals surface area contributed by atoms with Crippen molar-refractivity contribution in [1.29, 1.82) is 0 Å². The van der Waals surface area contributed by atoms with Crippen molar-refractivity contribution in [3.63, 3.8) is 0 Å². The van der Waals surface area contributed by atoms with Gasteiger partial charge in [-0.1, -0.05) is 57.5 Å². The summed E-state index contributed by atoms with van der Waals surface area (Å²) in [5.74, 6) is 0.187. The number of amides is 1. The Labute approximate surface area is 238 Å². The smallest absolute Gasteiger partial charge is 0.411 e. The Balaban J connectivity index is 1.79. The second kappa shape index (κ2) is 12.6. The molecule has 1 aromatic heterocycles. The summed E-state index contributed by atoms with van der Waals surface area (Å²) < 4.78 is 23.7. The molecule has 1 saturated heterocycles. The number of hydrogen-bond donors (Lipinski definition) is 0. The standard InChI is InChI=1S/C32H44N2O6/c1-8-38-30(35)27-25(32(4,5)6)28(26(22-13-10-9-11-14-22)34(27)31(36)40-20(2)3)39-19-24-17-23(21-15-12-16-21)18-33-29(24)37-7/h9-11,13-14,17-18,20-21,25-28H,8,12,15-16,19H2,1-7H3/t25-,26+,27+,28+/m1/s1. The molecule has 8 heteroatoms. The minimum Gasteiger partial charge on any atom is -0.481 e. The number of ether oxygens (including phenoxy) is 4. The number of aromatic nitrogens is 1. The third-order valence-corrected chi connectivity index (χ3v) is 7.97. The van der Waals surface area contributed by atoms with Crippen LogP contribution in [0.2, 0.25) is 0 Å². The van der Waals surface area contributed by atoms with Gasteiger partial charge in [-0.25, -0.2) is 14.6 Å². The van der Waals surface area contributed by atoms with Gasteiger partial charge in [-0.15, -0.1) is 0 Å². The lowest BCUT2D eigenvalue weighted by atomic mass is 9.73. The second-order valence-electron chi connectivity index (χ2n) is 12.1. The third kappa shape index (κ3) is 6.27. The van der Waals surface area contributed by atoms with Gasteiger partial charge >= 0.3 is 12.1 Å². The lowest BCUT2D eigenvalue weighted by Gasteiger charge is -2.35. The Morgan fingerprint density at radius 2 is 1.80 bits per heavy atom. The zero-order chi connectivity index (χ0) is 29.0. The van der Waals surface area contributed by atoms with E-state index in [0.717, 1.165) is 24.0 Å². The van der Waals surface area contributed by atoms with E-state index >= 15 is 0 Å². The number of methoxy groups -OCH3 is 1. The van der Waals surface area contributed by atoms with E-state index in [1.807, 2.05) is 36.5 Å². The maximum absolute atomic E-state index is 13.7. The van der Waals surface area contributed by atoms with Gasteiger partial charge in [0, 0.05) is 17.7 Å². The minimum atomic E-state index is -0.886. The molecule has 0 radical (unpaired) electrons. The maximum atomic E-state index is 13.7. The number of benzene rings is 1. The number of likely N-dealkylation sites (tertiary alicyclic amines) is 1. The number of pyridine rings is 1. The first-order chi connectivity index (χ1) is 19.1. The summed E-state index contributed by atoms with van der Waals surface area (Å²) in [6.45, 7) is 12.0. The van der Waals surface area contributed by atoms with E-state index in [1.165, 1.54) is 12.0 Å². The number of carbonyl (C=O) groups excluding carboxylic acids is 2. The van der Waals surface area contributed by atoms with Crippen LogP contribution in [-0.2, 0) is 25.6 Å². The number of rotatable bonds is 9. The topological polar surface area (TPSA) is 87.2 Å². The molecule has 2 aliphatic rings. The van der Waals surface area contributed by atoms with Crippen molar-refractivity contribution >= 4 is 12.1 Å². The fourth-order valence-corrected chi connectivity index (χ4v) is 5.97. The summed E-state index contributed by atoms with van der Waals surface area (Å²) >= 11 is 0. The zero-order valence-corrected chi connectivity index (χ0v) is 24.9. The van der Waals surface area contributed by atoms with Crippen molar-refractivity contribution in [2.45, 2.75) is 97.6 Å². The summed E-state index contributed by atoms with van der Waals surface area (Å²) in [6.07, 6.45) is 3.99. The second-order valence-corrected chi connectivity index (χ2v) is 12.1. The molecule has 1 aliphatic heterocycles. The summed E-state index contributed by atoms with van der Waals surface area (Å²) in [4.78, 5) is 33.4. The molecule has 0 bridgehead atoms. The van der Waals surface area contributed by atoms with E-state index in [4.69, 9.17) is 18.9 Å². The molecule has 0 unspecified atom stereocenters. The predicted octanol–water partition coefficient (Wildman–Crippen LogP) is 6.44. The monoisotopic (exact) mass is 552 g/mol. The van der Waals surface area contributed by atoms with Crippen LogP contribution in [0.3, 0.4) is 0 Å². The average molecular weight is 553 g/mol. The van der Waals surface area contributed by atoms with Crippen LogP contribution in [0.25, 0.3) is 0 Å². The first kappa shape index (κ1) is 29.8. The predicted molar refractivity (Wildman–Crippen MR) is 152 cm³/mol. The van der Waals surface area contributed by atoms with E-state index in [2.05, 4.69) is 31.8 Å². The molecule has 1 aromatic carbocycles. The highest BCUT2D eigenvalue weighted by atomic mass is 16.6. The highest BCUT2D eigenvalue weighted by Gasteiger charge is 2.59. The van der Waals surface area contributed by atoms with Gasteiger partial charge in [0.1, 0.15) is 6.04 Å². The SMILES string of the molecule is CCOC(=O)[C@@H]1[C@@H](C(C)(C)C)[C@H](OCc2cc(C3CCC3)cnc2OC)[C@H](c2ccccc2)N1C(=O)OC(C)C. The van der Waals surface area contributed by atoms with Crippen LogP contribution in [0.1, 0.15) is 89.5 Å². The van der Waals surface area contributed by atoms with E-state index in [-0.39, 0.29) is 25.2 Å². The van der Waals surface area contributed by atoms with Gasteiger partial charge < -0.3 is 18.9 Å². The van der Waals surface area contributed by atoms with Gasteiger partial charge in [0.05, 0.1) is 38.6 Å². The zero-order valence-electron chi connectivity index (χ0n) is 24.9. The fourth-order valence-electron chi connectivity index (χ4n) is 5.97. The Hall–Kier alpha value is -3.13. The largest absolute Gasteiger partial charge is 0.481 e. The Bertz CT molecular complexity index is 1160. The Kier molecular flexibility index (Phi) is 9.39. The van der Waals surface area contributed by atoms with E-state index in [9.17, 15) is 9.59 Å². The van der Waals surface area contributed by atoms with Gasteiger partial charge in [0.15, 0.2) is 0 Å². The molecule has 1 amide bonds. The van der Waals surface area contributed by atoms with Crippen molar-refractivity contribution in [3.05, 3.63) is 59.3 Å². The van der Waals surface area contributed by atoms with Gasteiger partial charge in [-0.05, 0) is 62.1 Å². The summed E-state index contributed by atoms with van der Waals surface area (Å²) in [5, 5.41) is 0. The van der Waals surface area contributed by atoms with Crippen LogP contribution in [0, 0.1) is 11.3 Å². The van der Waals surface area contributed by atoms with E-state index < -0.39 is 35.7 Å². The lowest BCUT2D eigenvalue weighted by Crippen LogP contribution is -2.48. The molecular formula is C32H44N2O6. The Morgan fingerprint density at radius 3 is 2.35 bits per heavy atom. The minimum absolute atomic E-state index is 0.206. The van der Waals surface area contributed by atoms with Crippen LogP contribution >= 0.6 is 0 Å². The molecule has 218 valence electrons. The highest BCUT2D eigenvalue weighted by molar-refractivity contribution is 5.83. The molecule has 0 N–H and O–H groups in total. The number of hydrogen-bond acceptors (Lipinski definition) is 7. The van der Waals surface area contributed by atoms with Crippen LogP contribution < -0.4 is 4.74 Å². The molecule has 1 aliphatic carbocycles. The number of esters is 1. The van der Waals surface area contributed by atoms with Crippen molar-refractivity contribution in [2.24, 2.45) is 11.3 Å². The summed E-state index contributed by atoms with van der Waals surface area (Å²) in [5.41, 5.74) is 2.48. The lowest BCUT2D eigenvalue weighted by molar-refractivity contribution is -0.151. The fraction of sp³-hybridized carbons (Fsp3) is 0.594. The van der Waals surface area contributed by atoms with E-state index in [0.29, 0.717) is 11.8 Å². The summed E-state index contributed by atoms with van der Waals surface area (Å²) in [6, 6.07) is 10.4. The molecule has 2 aromatic rings. The molecule has 40 heavy (non-hydrogen) atoms. The molecule has 2 fully saturated rings. The van der Waals surface area contributed by atoms with Crippen molar-refractivity contribution < 1.29 is 28.5 Å².